The van der Waals surface area contributed by atoms with E-state index in [1.165, 1.54) is 18.2 Å². The zero-order valence-corrected chi connectivity index (χ0v) is 14.0. The Kier molecular flexibility index (Phi) is 5.08. The number of benzene rings is 1. The summed E-state index contributed by atoms with van der Waals surface area (Å²) in [5.41, 5.74) is -0.0946. The number of hydrogen-bond donors (Lipinski definition) is 1. The lowest BCUT2D eigenvalue weighted by molar-refractivity contribution is -0.134. The van der Waals surface area contributed by atoms with Crippen LogP contribution in [0.15, 0.2) is 18.2 Å². The van der Waals surface area contributed by atoms with Crippen molar-refractivity contribution in [1.82, 2.24) is 15.1 Å². The van der Waals surface area contributed by atoms with Crippen LogP contribution in [0.1, 0.15) is 10.4 Å². The number of thioether (sulfide) groups is 1. The summed E-state index contributed by atoms with van der Waals surface area (Å²) in [7, 11) is 0. The van der Waals surface area contributed by atoms with Gasteiger partial charge in [-0.3, -0.25) is 14.9 Å². The van der Waals surface area contributed by atoms with Crippen molar-refractivity contribution < 1.29 is 14.0 Å². The number of amides is 2. The fraction of sp³-hybridized carbons (Fsp3) is 0.467. The van der Waals surface area contributed by atoms with Gasteiger partial charge in [0.2, 0.25) is 5.91 Å². The van der Waals surface area contributed by atoms with Gasteiger partial charge in [-0.15, -0.1) is 11.8 Å². The van der Waals surface area contributed by atoms with Crippen molar-refractivity contribution in [3.63, 3.8) is 0 Å². The molecule has 2 fully saturated rings. The van der Waals surface area contributed by atoms with E-state index in [1.807, 2.05) is 0 Å². The zero-order valence-electron chi connectivity index (χ0n) is 12.4. The van der Waals surface area contributed by atoms with Crippen molar-refractivity contribution in [2.75, 3.05) is 37.8 Å². The van der Waals surface area contributed by atoms with Gasteiger partial charge in [-0.2, -0.15) is 0 Å². The molecular weight excluding hydrogens is 341 g/mol. The highest BCUT2D eigenvalue weighted by molar-refractivity contribution is 7.99. The van der Waals surface area contributed by atoms with Crippen molar-refractivity contribution >= 4 is 35.2 Å². The van der Waals surface area contributed by atoms with E-state index in [1.54, 1.807) is 21.6 Å². The maximum Gasteiger partial charge on any atom is 0.258 e. The molecule has 2 heterocycles. The van der Waals surface area contributed by atoms with Crippen molar-refractivity contribution in [1.29, 1.82) is 0 Å². The SMILES string of the molecule is O=C(c1c(F)cccc1Cl)N1CCN(C(=O)C2CSCN2)CC1. The molecule has 0 saturated carbocycles. The van der Waals surface area contributed by atoms with E-state index >= 15 is 0 Å². The van der Waals surface area contributed by atoms with Crippen molar-refractivity contribution in [2.24, 2.45) is 0 Å². The largest absolute Gasteiger partial charge is 0.338 e. The number of piperazine rings is 1. The number of nitrogens with one attached hydrogen (secondary N) is 1. The molecule has 2 aliphatic heterocycles. The molecule has 124 valence electrons. The molecule has 0 aromatic heterocycles. The van der Waals surface area contributed by atoms with Crippen LogP contribution in [0.5, 0.6) is 0 Å². The van der Waals surface area contributed by atoms with Gasteiger partial charge in [-0.1, -0.05) is 17.7 Å². The number of rotatable bonds is 2. The lowest BCUT2D eigenvalue weighted by atomic mass is 10.1. The highest BCUT2D eigenvalue weighted by atomic mass is 35.5. The summed E-state index contributed by atoms with van der Waals surface area (Å²) >= 11 is 7.65. The van der Waals surface area contributed by atoms with Gasteiger partial charge in [0, 0.05) is 37.8 Å². The minimum atomic E-state index is -0.617. The summed E-state index contributed by atoms with van der Waals surface area (Å²) in [6, 6.07) is 4.06. The topological polar surface area (TPSA) is 52.7 Å². The van der Waals surface area contributed by atoms with E-state index < -0.39 is 11.7 Å². The summed E-state index contributed by atoms with van der Waals surface area (Å²) in [5.74, 6) is 0.609. The van der Waals surface area contributed by atoms with E-state index in [4.69, 9.17) is 11.6 Å². The monoisotopic (exact) mass is 357 g/mol. The standard InChI is InChI=1S/C15H17ClFN3O2S/c16-10-2-1-3-11(17)13(10)15(22)20-6-4-19(5-7-20)14(21)12-8-23-9-18-12/h1-3,12,18H,4-9H2. The minimum Gasteiger partial charge on any atom is -0.338 e. The van der Waals surface area contributed by atoms with Crippen LogP contribution in [-0.4, -0.2) is 65.5 Å². The highest BCUT2D eigenvalue weighted by Gasteiger charge is 2.31. The molecule has 1 unspecified atom stereocenters. The van der Waals surface area contributed by atoms with Crippen molar-refractivity contribution in [3.05, 3.63) is 34.6 Å². The summed E-state index contributed by atoms with van der Waals surface area (Å²) < 4.78 is 13.9. The molecule has 1 aromatic rings. The van der Waals surface area contributed by atoms with Crippen LogP contribution >= 0.6 is 23.4 Å². The Morgan fingerprint density at radius 3 is 2.52 bits per heavy atom. The predicted molar refractivity (Wildman–Crippen MR) is 88.1 cm³/mol. The molecule has 3 rings (SSSR count). The first kappa shape index (κ1) is 16.5. The Morgan fingerprint density at radius 2 is 1.91 bits per heavy atom. The fourth-order valence-electron chi connectivity index (χ4n) is 2.76. The molecule has 1 atom stereocenters. The summed E-state index contributed by atoms with van der Waals surface area (Å²) in [4.78, 5) is 28.1. The van der Waals surface area contributed by atoms with Gasteiger partial charge in [0.05, 0.1) is 16.6 Å². The first-order chi connectivity index (χ1) is 11.1. The molecule has 1 N–H and O–H groups in total. The van der Waals surface area contributed by atoms with Gasteiger partial charge in [-0.25, -0.2) is 4.39 Å². The van der Waals surface area contributed by atoms with Gasteiger partial charge >= 0.3 is 0 Å². The van der Waals surface area contributed by atoms with E-state index in [0.717, 1.165) is 11.6 Å². The number of hydrogen-bond acceptors (Lipinski definition) is 4. The molecule has 0 aliphatic carbocycles. The third-order valence-electron chi connectivity index (χ3n) is 4.07. The van der Waals surface area contributed by atoms with E-state index in [0.29, 0.717) is 26.2 Å². The molecule has 0 bridgehead atoms. The number of halogens is 2. The molecule has 2 saturated heterocycles. The zero-order chi connectivity index (χ0) is 16.4. The van der Waals surface area contributed by atoms with Crippen LogP contribution in [0.3, 0.4) is 0 Å². The maximum atomic E-state index is 13.9. The molecule has 23 heavy (non-hydrogen) atoms. The second-order valence-corrected chi connectivity index (χ2v) is 6.92. The first-order valence-electron chi connectivity index (χ1n) is 7.41. The third kappa shape index (κ3) is 3.46. The average Bonchev–Trinajstić information content (AvgIpc) is 3.08. The number of carbonyl (C=O) groups is 2. The molecule has 5 nitrogen and oxygen atoms in total. The molecule has 1 aromatic carbocycles. The van der Waals surface area contributed by atoms with Gasteiger partial charge in [-0.05, 0) is 12.1 Å². The fourth-order valence-corrected chi connectivity index (χ4v) is 3.94. The predicted octanol–water partition coefficient (Wildman–Crippen LogP) is 1.43. The van der Waals surface area contributed by atoms with E-state index in [2.05, 4.69) is 5.32 Å². The van der Waals surface area contributed by atoms with E-state index in [-0.39, 0.29) is 22.5 Å². The lowest BCUT2D eigenvalue weighted by Crippen LogP contribution is -2.54. The third-order valence-corrected chi connectivity index (χ3v) is 5.32. The first-order valence-corrected chi connectivity index (χ1v) is 8.94. The highest BCUT2D eigenvalue weighted by Crippen LogP contribution is 2.22. The van der Waals surface area contributed by atoms with Crippen molar-refractivity contribution in [2.45, 2.75) is 6.04 Å². The van der Waals surface area contributed by atoms with Crippen LogP contribution in [0.2, 0.25) is 5.02 Å². The number of carbonyl (C=O) groups excluding carboxylic acids is 2. The Labute approximate surface area is 143 Å². The summed E-state index contributed by atoms with van der Waals surface area (Å²) in [5, 5.41) is 3.26. The molecule has 2 amide bonds. The van der Waals surface area contributed by atoms with E-state index in [9.17, 15) is 14.0 Å². The van der Waals surface area contributed by atoms with Gasteiger partial charge in [0.25, 0.3) is 5.91 Å². The Morgan fingerprint density at radius 1 is 1.22 bits per heavy atom. The van der Waals surface area contributed by atoms with Crippen LogP contribution in [-0.2, 0) is 4.79 Å². The van der Waals surface area contributed by atoms with Gasteiger partial charge in [0.15, 0.2) is 0 Å². The minimum absolute atomic E-state index is 0.0750. The van der Waals surface area contributed by atoms with Crippen LogP contribution in [0.4, 0.5) is 4.39 Å². The Hall–Kier alpha value is -1.31. The van der Waals surface area contributed by atoms with Crippen LogP contribution in [0, 0.1) is 5.82 Å². The number of nitrogens with zero attached hydrogens (tertiary/aromatic N) is 2. The van der Waals surface area contributed by atoms with Gasteiger partial charge < -0.3 is 9.80 Å². The molecule has 0 radical (unpaired) electrons. The maximum absolute atomic E-state index is 13.9. The average molecular weight is 358 g/mol. The Balaban J connectivity index is 1.62. The summed E-state index contributed by atoms with van der Waals surface area (Å²) in [6.45, 7) is 1.68. The second-order valence-electron chi connectivity index (χ2n) is 5.49. The van der Waals surface area contributed by atoms with Crippen LogP contribution < -0.4 is 5.32 Å². The smallest absolute Gasteiger partial charge is 0.258 e. The lowest BCUT2D eigenvalue weighted by Gasteiger charge is -2.36. The molecule has 2 aliphatic rings. The van der Waals surface area contributed by atoms with Gasteiger partial charge in [0.1, 0.15) is 5.82 Å². The Bertz CT molecular complexity index is 596. The molecule has 8 heteroatoms. The van der Waals surface area contributed by atoms with Crippen molar-refractivity contribution in [3.8, 4) is 0 Å². The molecular formula is C15H17ClFN3O2S. The molecule has 0 spiro atoms. The summed E-state index contributed by atoms with van der Waals surface area (Å²) in [6.07, 6.45) is 0. The second kappa shape index (κ2) is 7.07. The normalized spacial score (nSPS) is 21.6. The van der Waals surface area contributed by atoms with Crippen LogP contribution in [0.25, 0.3) is 0 Å². The quantitative estimate of drug-likeness (QED) is 0.870.